The van der Waals surface area contributed by atoms with Crippen molar-refractivity contribution >= 4 is 11.4 Å². The fraction of sp³-hybridized carbons (Fsp3) is 0.500. The average Bonchev–Trinajstić information content (AvgIpc) is 2.30. The lowest BCUT2D eigenvalue weighted by Gasteiger charge is -2.08. The Morgan fingerprint density at radius 3 is 2.76 bits per heavy atom. The molecule has 0 spiro atoms. The Labute approximate surface area is 104 Å². The predicted octanol–water partition coefficient (Wildman–Crippen LogP) is 3.38. The molecule has 0 fully saturated rings. The highest BCUT2D eigenvalue weighted by atomic mass is 14.9. The fourth-order valence-electron chi connectivity index (χ4n) is 1.67. The molecule has 0 radical (unpaired) electrons. The molecule has 0 heterocycles. The second-order valence-electron chi connectivity index (χ2n) is 4.73. The summed E-state index contributed by atoms with van der Waals surface area (Å²) >= 11 is 0. The first-order valence-corrected chi connectivity index (χ1v) is 6.17. The number of nitrogen functional groups attached to an aromatic ring is 1. The molecule has 0 aromatic heterocycles. The van der Waals surface area contributed by atoms with Gasteiger partial charge in [0.05, 0.1) is 5.56 Å². The Morgan fingerprint density at radius 2 is 2.12 bits per heavy atom. The quantitative estimate of drug-likeness (QED) is 0.582. The number of hydrogen-bond donors (Lipinski definition) is 2. The Hall–Kier alpha value is -1.69. The molecule has 0 unspecified atom stereocenters. The molecule has 0 aliphatic carbocycles. The summed E-state index contributed by atoms with van der Waals surface area (Å²) in [6.07, 6.45) is 3.67. The molecular formula is C14H21N3. The van der Waals surface area contributed by atoms with Gasteiger partial charge >= 0.3 is 0 Å². The van der Waals surface area contributed by atoms with Gasteiger partial charge in [-0.25, -0.2) is 0 Å². The molecule has 0 aliphatic rings. The van der Waals surface area contributed by atoms with Crippen LogP contribution in [0, 0.1) is 17.2 Å². The Kier molecular flexibility index (Phi) is 5.35. The highest BCUT2D eigenvalue weighted by Gasteiger charge is 1.99. The first-order chi connectivity index (χ1) is 8.13. The first-order valence-electron chi connectivity index (χ1n) is 6.17. The van der Waals surface area contributed by atoms with Crippen molar-refractivity contribution in [2.75, 3.05) is 17.6 Å². The van der Waals surface area contributed by atoms with Crippen LogP contribution in [0.25, 0.3) is 0 Å². The number of anilines is 2. The smallest absolute Gasteiger partial charge is 0.101 e. The third kappa shape index (κ3) is 4.78. The van der Waals surface area contributed by atoms with Crippen molar-refractivity contribution in [3.05, 3.63) is 23.8 Å². The summed E-state index contributed by atoms with van der Waals surface area (Å²) < 4.78 is 0. The van der Waals surface area contributed by atoms with Gasteiger partial charge in [0.1, 0.15) is 6.07 Å². The largest absolute Gasteiger partial charge is 0.398 e. The van der Waals surface area contributed by atoms with E-state index in [0.717, 1.165) is 24.6 Å². The van der Waals surface area contributed by atoms with Gasteiger partial charge in [-0.2, -0.15) is 5.26 Å². The Bertz CT molecular complexity index is 391. The molecule has 0 bridgehead atoms. The minimum atomic E-state index is 0.539. The highest BCUT2D eigenvalue weighted by molar-refractivity contribution is 5.61. The second kappa shape index (κ2) is 6.80. The molecule has 0 atom stereocenters. The standard InChI is InChI=1S/C14H21N3/c1-11(2)5-3-4-8-17-13-6-7-14(16)12(9-13)10-15/h6-7,9,11,17H,3-5,8,16H2,1-2H3. The van der Waals surface area contributed by atoms with Crippen LogP contribution >= 0.6 is 0 Å². The van der Waals surface area contributed by atoms with Crippen LogP contribution in [0.4, 0.5) is 11.4 Å². The summed E-state index contributed by atoms with van der Waals surface area (Å²) in [7, 11) is 0. The maximum absolute atomic E-state index is 8.86. The van der Waals surface area contributed by atoms with Crippen LogP contribution in [0.3, 0.4) is 0 Å². The van der Waals surface area contributed by atoms with Crippen molar-refractivity contribution in [1.29, 1.82) is 5.26 Å². The topological polar surface area (TPSA) is 61.8 Å². The van der Waals surface area contributed by atoms with E-state index in [1.54, 1.807) is 12.1 Å². The van der Waals surface area contributed by atoms with Crippen molar-refractivity contribution in [2.24, 2.45) is 5.92 Å². The minimum Gasteiger partial charge on any atom is -0.398 e. The zero-order chi connectivity index (χ0) is 12.7. The number of nitrogens with zero attached hydrogens (tertiary/aromatic N) is 1. The number of benzene rings is 1. The van der Waals surface area contributed by atoms with Crippen molar-refractivity contribution in [2.45, 2.75) is 33.1 Å². The minimum absolute atomic E-state index is 0.539. The zero-order valence-electron chi connectivity index (χ0n) is 10.7. The van der Waals surface area contributed by atoms with Crippen LogP contribution in [0.2, 0.25) is 0 Å². The molecule has 3 N–H and O–H groups in total. The lowest BCUT2D eigenvalue weighted by Crippen LogP contribution is -2.03. The molecule has 0 amide bonds. The summed E-state index contributed by atoms with van der Waals surface area (Å²) in [6.45, 7) is 5.43. The van der Waals surface area contributed by atoms with Gasteiger partial charge in [0.15, 0.2) is 0 Å². The highest BCUT2D eigenvalue weighted by Crippen LogP contribution is 2.17. The third-order valence-electron chi connectivity index (χ3n) is 2.71. The summed E-state index contributed by atoms with van der Waals surface area (Å²) in [6, 6.07) is 7.58. The van der Waals surface area contributed by atoms with Crippen LogP contribution < -0.4 is 11.1 Å². The average molecular weight is 231 g/mol. The summed E-state index contributed by atoms with van der Waals surface area (Å²) in [5.41, 5.74) is 7.71. The van der Waals surface area contributed by atoms with Crippen molar-refractivity contribution in [3.8, 4) is 6.07 Å². The van der Waals surface area contributed by atoms with E-state index < -0.39 is 0 Å². The molecule has 1 aromatic rings. The molecule has 0 saturated carbocycles. The summed E-state index contributed by atoms with van der Waals surface area (Å²) in [4.78, 5) is 0. The second-order valence-corrected chi connectivity index (χ2v) is 4.73. The first kappa shape index (κ1) is 13.4. The van der Waals surface area contributed by atoms with E-state index >= 15 is 0 Å². The van der Waals surface area contributed by atoms with E-state index in [4.69, 9.17) is 11.0 Å². The van der Waals surface area contributed by atoms with Gasteiger partial charge in [-0.3, -0.25) is 0 Å². The Balaban J connectivity index is 2.35. The van der Waals surface area contributed by atoms with Crippen molar-refractivity contribution in [1.82, 2.24) is 0 Å². The maximum Gasteiger partial charge on any atom is 0.101 e. The lowest BCUT2D eigenvalue weighted by molar-refractivity contribution is 0.545. The SMILES string of the molecule is CC(C)CCCCNc1ccc(N)c(C#N)c1. The zero-order valence-corrected chi connectivity index (χ0v) is 10.7. The van der Waals surface area contributed by atoms with Crippen LogP contribution in [-0.4, -0.2) is 6.54 Å². The fourth-order valence-corrected chi connectivity index (χ4v) is 1.67. The van der Waals surface area contributed by atoms with Crippen molar-refractivity contribution in [3.63, 3.8) is 0 Å². The van der Waals surface area contributed by atoms with E-state index in [1.165, 1.54) is 12.8 Å². The molecule has 17 heavy (non-hydrogen) atoms. The van der Waals surface area contributed by atoms with Crippen molar-refractivity contribution < 1.29 is 0 Å². The number of nitriles is 1. The third-order valence-corrected chi connectivity index (χ3v) is 2.71. The maximum atomic E-state index is 8.86. The van der Waals surface area contributed by atoms with Gasteiger partial charge in [0, 0.05) is 17.9 Å². The van der Waals surface area contributed by atoms with E-state index in [0.29, 0.717) is 11.3 Å². The van der Waals surface area contributed by atoms with Gasteiger partial charge in [-0.15, -0.1) is 0 Å². The van der Waals surface area contributed by atoms with E-state index in [9.17, 15) is 0 Å². The molecule has 1 rings (SSSR count). The molecule has 3 heteroatoms. The number of rotatable bonds is 6. The number of nitrogens with one attached hydrogen (secondary N) is 1. The molecule has 0 saturated heterocycles. The van der Waals surface area contributed by atoms with E-state index in [-0.39, 0.29) is 0 Å². The number of hydrogen-bond acceptors (Lipinski definition) is 3. The summed E-state index contributed by atoms with van der Waals surface area (Å²) in [5.74, 6) is 0.775. The molecule has 92 valence electrons. The van der Waals surface area contributed by atoms with Crippen LogP contribution in [0.15, 0.2) is 18.2 Å². The van der Waals surface area contributed by atoms with Gasteiger partial charge in [-0.1, -0.05) is 26.7 Å². The Morgan fingerprint density at radius 1 is 1.35 bits per heavy atom. The molecule has 1 aromatic carbocycles. The summed E-state index contributed by atoms with van der Waals surface area (Å²) in [5, 5.41) is 12.2. The molecule has 0 aliphatic heterocycles. The van der Waals surface area contributed by atoms with E-state index in [2.05, 4.69) is 25.2 Å². The number of unbranched alkanes of at least 4 members (excludes halogenated alkanes) is 1. The van der Waals surface area contributed by atoms with Gasteiger partial charge in [0.25, 0.3) is 0 Å². The van der Waals surface area contributed by atoms with Crippen LogP contribution in [-0.2, 0) is 0 Å². The van der Waals surface area contributed by atoms with Gasteiger partial charge in [-0.05, 0) is 30.5 Å². The van der Waals surface area contributed by atoms with Gasteiger partial charge in [0.2, 0.25) is 0 Å². The lowest BCUT2D eigenvalue weighted by atomic mass is 10.1. The molecule has 3 nitrogen and oxygen atoms in total. The molecular weight excluding hydrogens is 210 g/mol. The predicted molar refractivity (Wildman–Crippen MR) is 72.7 cm³/mol. The van der Waals surface area contributed by atoms with Crippen LogP contribution in [0.5, 0.6) is 0 Å². The monoisotopic (exact) mass is 231 g/mol. The number of nitrogens with two attached hydrogens (primary N) is 1. The van der Waals surface area contributed by atoms with Crippen LogP contribution in [0.1, 0.15) is 38.7 Å². The normalized spacial score (nSPS) is 10.2. The van der Waals surface area contributed by atoms with Gasteiger partial charge < -0.3 is 11.1 Å². The van der Waals surface area contributed by atoms with E-state index in [1.807, 2.05) is 6.07 Å².